The van der Waals surface area contributed by atoms with Crippen LogP contribution in [0.1, 0.15) is 5.56 Å². The van der Waals surface area contributed by atoms with Crippen molar-refractivity contribution in [3.63, 3.8) is 0 Å². The summed E-state index contributed by atoms with van der Waals surface area (Å²) in [5.74, 6) is 0.269. The fraction of sp³-hybridized carbons (Fsp3) is 0.200. The van der Waals surface area contributed by atoms with E-state index in [2.05, 4.69) is 9.50 Å². The lowest BCUT2D eigenvalue weighted by Crippen LogP contribution is -2.38. The van der Waals surface area contributed by atoms with Crippen LogP contribution in [0.15, 0.2) is 46.0 Å². The molecule has 0 aliphatic carbocycles. The van der Waals surface area contributed by atoms with Gasteiger partial charge in [-0.25, -0.2) is 13.4 Å². The van der Waals surface area contributed by atoms with Gasteiger partial charge in [0.1, 0.15) is 5.17 Å². The van der Waals surface area contributed by atoms with Crippen molar-refractivity contribution in [2.24, 2.45) is 16.5 Å². The number of rotatable bonds is 1. The van der Waals surface area contributed by atoms with E-state index in [0.717, 1.165) is 16.5 Å². The minimum absolute atomic E-state index is 0.0603. The predicted molar refractivity (Wildman–Crippen MR) is 92.1 cm³/mol. The number of aryl methyl sites for hydroxylation is 1. The van der Waals surface area contributed by atoms with Crippen LogP contribution in [-0.4, -0.2) is 41.3 Å². The summed E-state index contributed by atoms with van der Waals surface area (Å²) in [6.45, 7) is 0.252. The van der Waals surface area contributed by atoms with Gasteiger partial charge in [0.25, 0.3) is 10.0 Å². The molecule has 118 valence electrons. The van der Waals surface area contributed by atoms with Crippen LogP contribution in [0.5, 0.6) is 0 Å². The highest BCUT2D eigenvalue weighted by Crippen LogP contribution is 2.28. The molecule has 23 heavy (non-hydrogen) atoms. The minimum Gasteiger partial charge on any atom is -0.351 e. The van der Waals surface area contributed by atoms with Crippen molar-refractivity contribution in [3.05, 3.63) is 42.1 Å². The van der Waals surface area contributed by atoms with Gasteiger partial charge in [0.2, 0.25) is 0 Å². The van der Waals surface area contributed by atoms with Gasteiger partial charge in [-0.1, -0.05) is 17.7 Å². The van der Waals surface area contributed by atoms with Gasteiger partial charge in [-0.15, -0.1) is 4.40 Å². The first-order valence-electron chi connectivity index (χ1n) is 7.05. The second-order valence-corrected chi connectivity index (χ2v) is 7.65. The van der Waals surface area contributed by atoms with E-state index in [-0.39, 0.29) is 12.3 Å². The number of halogens is 1. The number of fused-ring (bicyclic) bond motifs is 2. The molecule has 2 aliphatic heterocycles. The first kappa shape index (κ1) is 14.5. The number of allylic oxidation sites excluding steroid dienone is 1. The van der Waals surface area contributed by atoms with Crippen molar-refractivity contribution in [3.8, 4) is 0 Å². The van der Waals surface area contributed by atoms with Crippen molar-refractivity contribution in [1.29, 1.82) is 0 Å². The number of aromatic nitrogens is 1. The highest BCUT2D eigenvalue weighted by atomic mass is 35.5. The lowest BCUT2D eigenvalue weighted by Gasteiger charge is -2.28. The first-order chi connectivity index (χ1) is 10.9. The Morgan fingerprint density at radius 3 is 2.91 bits per heavy atom. The van der Waals surface area contributed by atoms with Gasteiger partial charge in [-0.05, 0) is 29.8 Å². The Morgan fingerprint density at radius 1 is 1.26 bits per heavy atom. The van der Waals surface area contributed by atoms with E-state index >= 15 is 0 Å². The molecule has 1 aromatic heterocycles. The zero-order valence-corrected chi connectivity index (χ0v) is 13.8. The SMILES string of the molecule is Cn1ccc2cc(C3=CC(Cl)=NN4CCS(=O)(=O)N=C34)ccc21. The molecular formula is C15H13ClN4O2S. The number of amidine groups is 1. The van der Waals surface area contributed by atoms with Crippen molar-refractivity contribution >= 4 is 49.1 Å². The molecule has 4 rings (SSSR count). The fourth-order valence-corrected chi connectivity index (χ4v) is 3.96. The first-order valence-corrected chi connectivity index (χ1v) is 9.03. The Bertz CT molecular complexity index is 1020. The summed E-state index contributed by atoms with van der Waals surface area (Å²) in [6.07, 6.45) is 3.63. The number of hydrazone groups is 1. The third kappa shape index (κ3) is 2.46. The van der Waals surface area contributed by atoms with Crippen LogP contribution in [-0.2, 0) is 17.1 Å². The fourth-order valence-electron chi connectivity index (χ4n) is 2.81. The highest BCUT2D eigenvalue weighted by molar-refractivity contribution is 7.90. The van der Waals surface area contributed by atoms with Gasteiger partial charge in [-0.3, -0.25) is 0 Å². The Kier molecular flexibility index (Phi) is 3.11. The van der Waals surface area contributed by atoms with Gasteiger partial charge < -0.3 is 4.57 Å². The zero-order chi connectivity index (χ0) is 16.2. The van der Waals surface area contributed by atoms with Gasteiger partial charge in [-0.2, -0.15) is 5.10 Å². The summed E-state index contributed by atoms with van der Waals surface area (Å²) in [7, 11) is -1.48. The zero-order valence-electron chi connectivity index (χ0n) is 12.3. The van der Waals surface area contributed by atoms with Crippen LogP contribution in [0.25, 0.3) is 16.5 Å². The van der Waals surface area contributed by atoms with Gasteiger partial charge in [0.15, 0.2) is 5.84 Å². The molecule has 0 radical (unpaired) electrons. The molecule has 0 atom stereocenters. The molecule has 0 saturated heterocycles. The molecule has 2 aromatic rings. The third-order valence-electron chi connectivity index (χ3n) is 3.95. The summed E-state index contributed by atoms with van der Waals surface area (Å²) in [4.78, 5) is 0. The summed E-state index contributed by atoms with van der Waals surface area (Å²) in [5, 5.41) is 7.08. The number of hydrogen-bond donors (Lipinski definition) is 0. The predicted octanol–water partition coefficient (Wildman–Crippen LogP) is 2.17. The molecule has 0 unspecified atom stereocenters. The Morgan fingerprint density at radius 2 is 2.09 bits per heavy atom. The van der Waals surface area contributed by atoms with Crippen molar-refractivity contribution in [2.75, 3.05) is 12.3 Å². The van der Waals surface area contributed by atoms with E-state index < -0.39 is 10.0 Å². The normalized spacial score (nSPS) is 19.9. The smallest absolute Gasteiger partial charge is 0.256 e. The third-order valence-corrected chi connectivity index (χ3v) is 5.28. The molecule has 0 bridgehead atoms. The molecule has 0 saturated carbocycles. The molecule has 0 fully saturated rings. The standard InChI is InChI=1S/C15H13ClN4O2S/c1-19-5-4-11-8-10(2-3-13(11)19)12-9-14(16)17-20-6-7-23(21,22)18-15(12)20/h2-5,8-9H,6-7H2,1H3. The maximum atomic E-state index is 11.9. The van der Waals surface area contributed by atoms with Crippen molar-refractivity contribution < 1.29 is 8.42 Å². The summed E-state index contributed by atoms with van der Waals surface area (Å²) in [6, 6.07) is 7.94. The second kappa shape index (κ2) is 4.94. The minimum atomic E-state index is -3.46. The van der Waals surface area contributed by atoms with Crippen LogP contribution in [0.4, 0.5) is 0 Å². The Labute approximate surface area is 138 Å². The van der Waals surface area contributed by atoms with Crippen molar-refractivity contribution in [2.45, 2.75) is 0 Å². The maximum Gasteiger partial charge on any atom is 0.256 e. The average molecular weight is 349 g/mol. The van der Waals surface area contributed by atoms with E-state index in [1.54, 1.807) is 11.1 Å². The molecule has 0 N–H and O–H groups in total. The van der Waals surface area contributed by atoms with Crippen LogP contribution in [0.2, 0.25) is 0 Å². The van der Waals surface area contributed by atoms with E-state index in [4.69, 9.17) is 11.6 Å². The molecule has 0 spiro atoms. The quantitative estimate of drug-likeness (QED) is 0.793. The lowest BCUT2D eigenvalue weighted by atomic mass is 10.0. The number of hydrogen-bond acceptors (Lipinski definition) is 4. The summed E-state index contributed by atoms with van der Waals surface area (Å²) in [5.41, 5.74) is 2.62. The summed E-state index contributed by atoms with van der Waals surface area (Å²) < 4.78 is 29.6. The molecule has 6 nitrogen and oxygen atoms in total. The van der Waals surface area contributed by atoms with Crippen LogP contribution in [0, 0.1) is 0 Å². The molecular weight excluding hydrogens is 336 g/mol. The topological polar surface area (TPSA) is 67.0 Å². The Hall–Kier alpha value is -2.12. The van der Waals surface area contributed by atoms with Gasteiger partial charge in [0.05, 0.1) is 12.3 Å². The van der Waals surface area contributed by atoms with Crippen molar-refractivity contribution in [1.82, 2.24) is 9.58 Å². The Balaban J connectivity index is 1.90. The van der Waals surface area contributed by atoms with Crippen LogP contribution >= 0.6 is 11.6 Å². The van der Waals surface area contributed by atoms with Crippen LogP contribution < -0.4 is 0 Å². The molecule has 2 aliphatic rings. The monoisotopic (exact) mass is 348 g/mol. The van der Waals surface area contributed by atoms with E-state index in [1.165, 1.54) is 0 Å². The van der Waals surface area contributed by atoms with E-state index in [1.807, 2.05) is 42.1 Å². The molecule has 0 amide bonds. The molecule has 3 heterocycles. The van der Waals surface area contributed by atoms with Crippen LogP contribution in [0.3, 0.4) is 0 Å². The number of benzene rings is 1. The second-order valence-electron chi connectivity index (χ2n) is 5.51. The largest absolute Gasteiger partial charge is 0.351 e. The average Bonchev–Trinajstić information content (AvgIpc) is 2.87. The highest BCUT2D eigenvalue weighted by Gasteiger charge is 2.30. The lowest BCUT2D eigenvalue weighted by molar-refractivity contribution is 0.463. The van der Waals surface area contributed by atoms with E-state index in [0.29, 0.717) is 16.6 Å². The number of sulfonamides is 1. The van der Waals surface area contributed by atoms with Gasteiger partial charge in [0, 0.05) is 29.7 Å². The summed E-state index contributed by atoms with van der Waals surface area (Å²) >= 11 is 6.10. The molecule has 8 heteroatoms. The number of nitrogens with zero attached hydrogens (tertiary/aromatic N) is 4. The van der Waals surface area contributed by atoms with Gasteiger partial charge >= 0.3 is 0 Å². The maximum absolute atomic E-state index is 11.9. The molecule has 1 aromatic carbocycles. The van der Waals surface area contributed by atoms with E-state index in [9.17, 15) is 8.42 Å².